The van der Waals surface area contributed by atoms with E-state index in [-0.39, 0.29) is 16.6 Å². The third kappa shape index (κ3) is 7.37. The predicted molar refractivity (Wildman–Crippen MR) is 161 cm³/mol. The second-order valence-corrected chi connectivity index (χ2v) is 14.9. The molecule has 0 unspecified atom stereocenters. The van der Waals surface area contributed by atoms with Crippen molar-refractivity contribution >= 4 is 30.3 Å². The summed E-state index contributed by atoms with van der Waals surface area (Å²) < 4.78 is 6.90. The number of hydrogen-bond donors (Lipinski definition) is 0. The molecular formula is C34H40O3Si. The van der Waals surface area contributed by atoms with Gasteiger partial charge in [-0.15, -0.1) is 0 Å². The number of ketones is 2. The maximum atomic E-state index is 13.0. The van der Waals surface area contributed by atoms with Gasteiger partial charge in [0.05, 0.1) is 0 Å². The maximum absolute atomic E-state index is 13.0. The Morgan fingerprint density at radius 1 is 0.816 bits per heavy atom. The van der Waals surface area contributed by atoms with E-state index >= 15 is 0 Å². The highest BCUT2D eigenvalue weighted by molar-refractivity contribution is 6.99. The van der Waals surface area contributed by atoms with E-state index in [9.17, 15) is 9.59 Å². The molecule has 0 amide bonds. The minimum absolute atomic E-state index is 0.0941. The van der Waals surface area contributed by atoms with Crippen LogP contribution in [-0.2, 0) is 9.22 Å². The largest absolute Gasteiger partial charge is 0.407 e. The Morgan fingerprint density at radius 2 is 1.34 bits per heavy atom. The monoisotopic (exact) mass is 524 g/mol. The van der Waals surface area contributed by atoms with Crippen molar-refractivity contribution in [3.8, 4) is 0 Å². The molecule has 0 aliphatic rings. The first-order valence-electron chi connectivity index (χ1n) is 13.6. The summed E-state index contributed by atoms with van der Waals surface area (Å²) in [7, 11) is -2.60. The van der Waals surface area contributed by atoms with Gasteiger partial charge in [-0.25, -0.2) is 0 Å². The molecular weight excluding hydrogens is 484 g/mol. The Bertz CT molecular complexity index is 1180. The zero-order chi connectivity index (χ0) is 27.4. The summed E-state index contributed by atoms with van der Waals surface area (Å²) in [5, 5.41) is 2.38. The fraction of sp³-hybridized carbons (Fsp3) is 0.294. The quantitative estimate of drug-likeness (QED) is 0.104. The van der Waals surface area contributed by atoms with Gasteiger partial charge in [-0.05, 0) is 46.8 Å². The molecule has 0 N–H and O–H groups in total. The lowest BCUT2D eigenvalue weighted by Gasteiger charge is -2.43. The molecule has 3 nitrogen and oxygen atoms in total. The number of hydrogen-bond acceptors (Lipinski definition) is 3. The van der Waals surface area contributed by atoms with Gasteiger partial charge < -0.3 is 4.43 Å². The molecule has 3 rings (SSSR count). The molecule has 198 valence electrons. The van der Waals surface area contributed by atoms with Crippen molar-refractivity contribution in [1.82, 2.24) is 0 Å². The molecule has 4 heteroatoms. The highest BCUT2D eigenvalue weighted by atomic mass is 28.4. The highest BCUT2D eigenvalue weighted by Gasteiger charge is 2.49. The van der Waals surface area contributed by atoms with E-state index in [1.54, 1.807) is 18.2 Å². The van der Waals surface area contributed by atoms with Gasteiger partial charge in [0, 0.05) is 17.7 Å². The summed E-state index contributed by atoms with van der Waals surface area (Å²) in [5.41, 5.74) is 1.15. The number of benzene rings is 3. The second-order valence-electron chi connectivity index (χ2n) is 10.6. The number of rotatable bonds is 13. The lowest BCUT2D eigenvalue weighted by molar-refractivity contribution is -0.111. The fourth-order valence-electron chi connectivity index (χ4n) is 4.82. The van der Waals surface area contributed by atoms with Crippen LogP contribution >= 0.6 is 0 Å². The summed E-state index contributed by atoms with van der Waals surface area (Å²) in [6.45, 7) is 9.36. The Kier molecular flexibility index (Phi) is 10.8. The summed E-state index contributed by atoms with van der Waals surface area (Å²) in [4.78, 5) is 25.7. The van der Waals surface area contributed by atoms with Gasteiger partial charge in [0.15, 0.2) is 11.6 Å². The molecule has 0 fully saturated rings. The maximum Gasteiger partial charge on any atom is 0.261 e. The SMILES string of the molecule is CCCC/C(=C\C(=O)c1ccccc1)C(=O)/C=C/CCO[Si](c1ccccc1)(c1ccccc1)C(C)(C)C. The molecule has 0 atom stereocenters. The van der Waals surface area contributed by atoms with Gasteiger partial charge in [0.25, 0.3) is 8.32 Å². The first kappa shape index (κ1) is 29.2. The van der Waals surface area contributed by atoms with Crippen LogP contribution in [-0.4, -0.2) is 26.5 Å². The molecule has 0 radical (unpaired) electrons. The third-order valence-electron chi connectivity index (χ3n) is 6.77. The van der Waals surface area contributed by atoms with E-state index < -0.39 is 8.32 Å². The van der Waals surface area contributed by atoms with Crippen molar-refractivity contribution in [1.29, 1.82) is 0 Å². The summed E-state index contributed by atoms with van der Waals surface area (Å²) in [5.74, 6) is -0.235. The molecule has 0 bridgehead atoms. The van der Waals surface area contributed by atoms with Crippen LogP contribution in [0.2, 0.25) is 5.04 Å². The minimum atomic E-state index is -2.60. The van der Waals surface area contributed by atoms with E-state index in [1.807, 2.05) is 36.4 Å². The molecule has 3 aromatic carbocycles. The van der Waals surface area contributed by atoms with E-state index in [4.69, 9.17) is 4.43 Å². The van der Waals surface area contributed by atoms with Gasteiger partial charge in [0.2, 0.25) is 0 Å². The van der Waals surface area contributed by atoms with Crippen LogP contribution < -0.4 is 10.4 Å². The van der Waals surface area contributed by atoms with Crippen LogP contribution in [0.3, 0.4) is 0 Å². The first-order chi connectivity index (χ1) is 18.3. The van der Waals surface area contributed by atoms with Gasteiger partial charge in [-0.3, -0.25) is 9.59 Å². The second kappa shape index (κ2) is 14.0. The minimum Gasteiger partial charge on any atom is -0.407 e. The van der Waals surface area contributed by atoms with Crippen LogP contribution in [0, 0.1) is 0 Å². The number of allylic oxidation sites excluding steroid dienone is 3. The van der Waals surface area contributed by atoms with Crippen LogP contribution in [0.25, 0.3) is 0 Å². The number of carbonyl (C=O) groups excluding carboxylic acids is 2. The van der Waals surface area contributed by atoms with Crippen LogP contribution in [0.15, 0.2) is 115 Å². The Morgan fingerprint density at radius 3 is 1.84 bits per heavy atom. The Labute approximate surface area is 229 Å². The molecule has 3 aromatic rings. The molecule has 0 saturated heterocycles. The van der Waals surface area contributed by atoms with E-state index in [0.717, 1.165) is 12.8 Å². The van der Waals surface area contributed by atoms with Crippen molar-refractivity contribution in [2.45, 2.75) is 58.4 Å². The van der Waals surface area contributed by atoms with E-state index in [0.29, 0.717) is 30.6 Å². The molecule has 0 spiro atoms. The van der Waals surface area contributed by atoms with Crippen molar-refractivity contribution in [3.05, 3.63) is 120 Å². The molecule has 0 aliphatic carbocycles. The van der Waals surface area contributed by atoms with E-state index in [1.165, 1.54) is 16.4 Å². The molecule has 0 saturated carbocycles. The Balaban J connectivity index is 1.77. The molecule has 0 aromatic heterocycles. The van der Waals surface area contributed by atoms with Crippen molar-refractivity contribution in [2.75, 3.05) is 6.61 Å². The van der Waals surface area contributed by atoms with Gasteiger partial charge in [-0.2, -0.15) is 0 Å². The third-order valence-corrected chi connectivity index (χ3v) is 11.8. The van der Waals surface area contributed by atoms with Crippen LogP contribution in [0.1, 0.15) is 63.7 Å². The lowest BCUT2D eigenvalue weighted by Crippen LogP contribution is -2.66. The zero-order valence-corrected chi connectivity index (χ0v) is 24.2. The van der Waals surface area contributed by atoms with Gasteiger partial charge in [0.1, 0.15) is 0 Å². The fourth-order valence-corrected chi connectivity index (χ4v) is 9.40. The van der Waals surface area contributed by atoms with Gasteiger partial charge in [-0.1, -0.05) is 131 Å². The predicted octanol–water partition coefficient (Wildman–Crippen LogP) is 7.08. The lowest BCUT2D eigenvalue weighted by atomic mass is 10.00. The van der Waals surface area contributed by atoms with E-state index in [2.05, 4.69) is 76.2 Å². The molecule has 38 heavy (non-hydrogen) atoms. The topological polar surface area (TPSA) is 43.4 Å². The zero-order valence-electron chi connectivity index (χ0n) is 23.2. The average Bonchev–Trinajstić information content (AvgIpc) is 2.93. The van der Waals surface area contributed by atoms with Crippen molar-refractivity contribution in [2.24, 2.45) is 0 Å². The smallest absolute Gasteiger partial charge is 0.261 e. The van der Waals surface area contributed by atoms with Crippen LogP contribution in [0.5, 0.6) is 0 Å². The van der Waals surface area contributed by atoms with Crippen molar-refractivity contribution < 1.29 is 14.0 Å². The van der Waals surface area contributed by atoms with Crippen molar-refractivity contribution in [3.63, 3.8) is 0 Å². The standard InChI is InChI=1S/C34H40O3Si/c1-5-6-18-29(27-33(36)28-19-10-7-11-20-28)32(35)25-16-17-26-37-38(34(2,3)4,30-21-12-8-13-22-30)31-23-14-9-15-24-31/h7-16,19-25,27H,5-6,17-18,26H2,1-4H3/b25-16+,29-27+. The molecule has 0 heterocycles. The van der Waals surface area contributed by atoms with Crippen LogP contribution in [0.4, 0.5) is 0 Å². The average molecular weight is 525 g/mol. The summed E-state index contributed by atoms with van der Waals surface area (Å²) in [6, 6.07) is 30.2. The first-order valence-corrected chi connectivity index (χ1v) is 15.5. The number of carbonyl (C=O) groups is 2. The molecule has 0 aliphatic heterocycles. The Hall–Kier alpha value is -3.34. The normalized spacial score (nSPS) is 12.6. The van der Waals surface area contributed by atoms with Gasteiger partial charge >= 0.3 is 0 Å². The number of unbranched alkanes of at least 4 members (excludes halogenated alkanes) is 1. The summed E-state index contributed by atoms with van der Waals surface area (Å²) in [6.07, 6.45) is 8.03. The summed E-state index contributed by atoms with van der Waals surface area (Å²) >= 11 is 0. The highest BCUT2D eigenvalue weighted by Crippen LogP contribution is 2.36.